The molecule has 2 N–H and O–H groups in total. The summed E-state index contributed by atoms with van der Waals surface area (Å²) in [6, 6.07) is -1.08. The summed E-state index contributed by atoms with van der Waals surface area (Å²) >= 11 is 0. The van der Waals surface area contributed by atoms with E-state index in [1.165, 1.54) is 0 Å². The number of ether oxygens (including phenoxy) is 1. The minimum Gasteiger partial charge on any atom is -0.480 e. The van der Waals surface area contributed by atoms with Crippen LogP contribution in [0.25, 0.3) is 0 Å². The summed E-state index contributed by atoms with van der Waals surface area (Å²) in [5.41, 5.74) is 0. The van der Waals surface area contributed by atoms with E-state index in [1.807, 2.05) is 0 Å². The van der Waals surface area contributed by atoms with Crippen LogP contribution in [0.1, 0.15) is 20.8 Å². The normalized spacial score (nSPS) is 12.0. The first-order valence-electron chi connectivity index (χ1n) is 4.60. The van der Waals surface area contributed by atoms with Crippen molar-refractivity contribution in [1.29, 1.82) is 0 Å². The molecule has 0 aromatic carbocycles. The fourth-order valence-corrected chi connectivity index (χ4v) is 0.910. The van der Waals surface area contributed by atoms with Crippen LogP contribution in [0, 0.1) is 5.92 Å². The molecule has 0 heterocycles. The Bertz CT molecular complexity index is 261. The summed E-state index contributed by atoms with van der Waals surface area (Å²) < 4.78 is 4.42. The zero-order valence-electron chi connectivity index (χ0n) is 8.94. The number of amides is 1. The zero-order valence-corrected chi connectivity index (χ0v) is 8.94. The minimum atomic E-state index is -1.18. The first-order chi connectivity index (χ1) is 6.90. The van der Waals surface area contributed by atoms with Gasteiger partial charge in [-0.25, -0.2) is 9.59 Å². The predicted molar refractivity (Wildman–Crippen MR) is 51.0 cm³/mol. The highest BCUT2D eigenvalue weighted by molar-refractivity contribution is 6.32. The zero-order chi connectivity index (χ0) is 12.0. The average Bonchev–Trinajstić information content (AvgIpc) is 2.12. The van der Waals surface area contributed by atoms with E-state index in [4.69, 9.17) is 5.11 Å². The lowest BCUT2D eigenvalue weighted by atomic mass is 10.1. The van der Waals surface area contributed by atoms with Crippen molar-refractivity contribution in [3.63, 3.8) is 0 Å². The fourth-order valence-electron chi connectivity index (χ4n) is 0.910. The van der Waals surface area contributed by atoms with E-state index in [9.17, 15) is 14.4 Å². The Balaban J connectivity index is 4.36. The van der Waals surface area contributed by atoms with Gasteiger partial charge in [-0.1, -0.05) is 13.8 Å². The van der Waals surface area contributed by atoms with Gasteiger partial charge in [0.2, 0.25) is 0 Å². The number of rotatable bonds is 4. The summed E-state index contributed by atoms with van der Waals surface area (Å²) in [4.78, 5) is 32.7. The van der Waals surface area contributed by atoms with E-state index in [1.54, 1.807) is 20.8 Å². The molecule has 1 amide bonds. The van der Waals surface area contributed by atoms with Crippen molar-refractivity contribution in [1.82, 2.24) is 5.32 Å². The van der Waals surface area contributed by atoms with Crippen molar-refractivity contribution in [3.8, 4) is 0 Å². The Morgan fingerprint density at radius 1 is 1.33 bits per heavy atom. The number of carbonyl (C=O) groups is 3. The third-order valence-corrected chi connectivity index (χ3v) is 1.68. The van der Waals surface area contributed by atoms with Gasteiger partial charge in [-0.05, 0) is 12.8 Å². The van der Waals surface area contributed by atoms with Gasteiger partial charge >= 0.3 is 17.8 Å². The maximum atomic E-state index is 11.1. The van der Waals surface area contributed by atoms with Crippen molar-refractivity contribution in [2.75, 3.05) is 6.61 Å². The Hall–Kier alpha value is -1.59. The summed E-state index contributed by atoms with van der Waals surface area (Å²) in [5.74, 6) is -3.58. The molecule has 0 fully saturated rings. The lowest BCUT2D eigenvalue weighted by Crippen LogP contribution is -2.47. The molecule has 6 heteroatoms. The number of hydrogen-bond donors (Lipinski definition) is 2. The molecular formula is C9H15NO5. The van der Waals surface area contributed by atoms with E-state index in [0.29, 0.717) is 0 Å². The number of aliphatic carboxylic acids is 1. The molecule has 0 aromatic heterocycles. The molecule has 0 radical (unpaired) electrons. The summed E-state index contributed by atoms with van der Waals surface area (Å²) in [6.45, 7) is 4.89. The molecule has 0 spiro atoms. The van der Waals surface area contributed by atoms with Crippen LogP contribution in [0.5, 0.6) is 0 Å². The molecule has 0 saturated carbocycles. The Kier molecular flexibility index (Phi) is 5.36. The van der Waals surface area contributed by atoms with Crippen molar-refractivity contribution in [2.45, 2.75) is 26.8 Å². The van der Waals surface area contributed by atoms with Gasteiger partial charge in [0, 0.05) is 0 Å². The quantitative estimate of drug-likeness (QED) is 0.501. The van der Waals surface area contributed by atoms with E-state index in [0.717, 1.165) is 0 Å². The van der Waals surface area contributed by atoms with E-state index < -0.39 is 23.9 Å². The molecule has 6 nitrogen and oxygen atoms in total. The summed E-state index contributed by atoms with van der Waals surface area (Å²) in [6.07, 6.45) is 0. The van der Waals surface area contributed by atoms with Gasteiger partial charge in [0.15, 0.2) is 0 Å². The van der Waals surface area contributed by atoms with E-state index >= 15 is 0 Å². The average molecular weight is 217 g/mol. The molecule has 0 saturated heterocycles. The highest BCUT2D eigenvalue weighted by Crippen LogP contribution is 2.01. The maximum absolute atomic E-state index is 11.1. The van der Waals surface area contributed by atoms with Gasteiger partial charge in [-0.2, -0.15) is 0 Å². The fraction of sp³-hybridized carbons (Fsp3) is 0.667. The smallest absolute Gasteiger partial charge is 0.396 e. The SMILES string of the molecule is CCOC(=O)C(=O)NC(C(=O)O)C(C)C. The van der Waals surface area contributed by atoms with E-state index in [2.05, 4.69) is 10.1 Å². The number of carboxylic acid groups (broad SMARTS) is 1. The monoisotopic (exact) mass is 217 g/mol. The Morgan fingerprint density at radius 2 is 1.87 bits per heavy atom. The van der Waals surface area contributed by atoms with Gasteiger partial charge < -0.3 is 15.2 Å². The topological polar surface area (TPSA) is 92.7 Å². The van der Waals surface area contributed by atoms with Crippen molar-refractivity contribution < 1.29 is 24.2 Å². The molecule has 0 aromatic rings. The standard InChI is InChI=1S/C9H15NO5/c1-4-15-9(14)7(11)10-6(5(2)3)8(12)13/h5-6H,4H2,1-3H3,(H,10,11)(H,12,13). The summed E-state index contributed by atoms with van der Waals surface area (Å²) in [7, 11) is 0. The van der Waals surface area contributed by atoms with Gasteiger partial charge in [0.25, 0.3) is 0 Å². The number of carbonyl (C=O) groups excluding carboxylic acids is 2. The second-order valence-electron chi connectivity index (χ2n) is 3.25. The number of carboxylic acids is 1. The van der Waals surface area contributed by atoms with Crippen LogP contribution >= 0.6 is 0 Å². The first-order valence-corrected chi connectivity index (χ1v) is 4.60. The van der Waals surface area contributed by atoms with Crippen molar-refractivity contribution >= 4 is 17.8 Å². The van der Waals surface area contributed by atoms with Gasteiger partial charge in [0.05, 0.1) is 6.61 Å². The largest absolute Gasteiger partial charge is 0.480 e. The van der Waals surface area contributed by atoms with E-state index in [-0.39, 0.29) is 12.5 Å². The molecule has 1 unspecified atom stereocenters. The highest BCUT2D eigenvalue weighted by Gasteiger charge is 2.26. The van der Waals surface area contributed by atoms with Crippen LogP contribution < -0.4 is 5.32 Å². The third-order valence-electron chi connectivity index (χ3n) is 1.68. The van der Waals surface area contributed by atoms with Gasteiger partial charge in [0.1, 0.15) is 6.04 Å². The molecule has 0 rings (SSSR count). The molecule has 0 bridgehead atoms. The number of nitrogens with one attached hydrogen (secondary N) is 1. The maximum Gasteiger partial charge on any atom is 0.396 e. The van der Waals surface area contributed by atoms with Crippen LogP contribution in [-0.2, 0) is 19.1 Å². The van der Waals surface area contributed by atoms with Crippen LogP contribution in [0.15, 0.2) is 0 Å². The first kappa shape index (κ1) is 13.4. The molecule has 15 heavy (non-hydrogen) atoms. The second kappa shape index (κ2) is 6.00. The van der Waals surface area contributed by atoms with Crippen molar-refractivity contribution in [3.05, 3.63) is 0 Å². The third kappa shape index (κ3) is 4.44. The molecule has 0 aliphatic heterocycles. The Labute approximate surface area is 87.6 Å². The predicted octanol–water partition coefficient (Wildman–Crippen LogP) is -0.225. The molecule has 86 valence electrons. The number of esters is 1. The lowest BCUT2D eigenvalue weighted by Gasteiger charge is -2.16. The second-order valence-corrected chi connectivity index (χ2v) is 3.25. The molecule has 0 aliphatic carbocycles. The highest BCUT2D eigenvalue weighted by atomic mass is 16.5. The minimum absolute atomic E-state index is 0.0751. The lowest BCUT2D eigenvalue weighted by molar-refractivity contribution is -0.156. The number of hydrogen-bond acceptors (Lipinski definition) is 4. The van der Waals surface area contributed by atoms with Gasteiger partial charge in [-0.3, -0.25) is 4.79 Å². The Morgan fingerprint density at radius 3 is 2.20 bits per heavy atom. The molecule has 1 atom stereocenters. The van der Waals surface area contributed by atoms with Gasteiger partial charge in [-0.15, -0.1) is 0 Å². The molecule has 0 aliphatic rings. The van der Waals surface area contributed by atoms with Crippen LogP contribution in [0.4, 0.5) is 0 Å². The van der Waals surface area contributed by atoms with Crippen LogP contribution in [0.3, 0.4) is 0 Å². The molecular weight excluding hydrogens is 202 g/mol. The van der Waals surface area contributed by atoms with Crippen LogP contribution in [-0.4, -0.2) is 35.6 Å². The van der Waals surface area contributed by atoms with Crippen molar-refractivity contribution in [2.24, 2.45) is 5.92 Å². The summed E-state index contributed by atoms with van der Waals surface area (Å²) in [5, 5.41) is 10.8. The van der Waals surface area contributed by atoms with Crippen LogP contribution in [0.2, 0.25) is 0 Å².